The van der Waals surface area contributed by atoms with Crippen molar-refractivity contribution in [2.45, 2.75) is 0 Å². The number of carbonyl (C=O) groups is 1. The van der Waals surface area contributed by atoms with Crippen LogP contribution in [0.15, 0.2) is 40.9 Å². The van der Waals surface area contributed by atoms with Crippen LogP contribution in [-0.4, -0.2) is 5.91 Å². The van der Waals surface area contributed by atoms with Crippen LogP contribution in [0.3, 0.4) is 0 Å². The number of carbonyl (C=O) groups excluding carboxylic acids is 1. The van der Waals surface area contributed by atoms with Crippen LogP contribution >= 0.6 is 27.5 Å². The largest absolute Gasteiger partial charge is 0.322 e. The zero-order chi connectivity index (χ0) is 14.0. The van der Waals surface area contributed by atoms with Crippen molar-refractivity contribution in [1.29, 1.82) is 0 Å². The molecule has 0 radical (unpaired) electrons. The standard InChI is InChI=1S/C13H7BrClF2NO/c14-9-6-8(2-4-11(9)16)18-13(19)7-1-3-12(17)10(15)5-7/h1-6H,(H,18,19). The fraction of sp³-hybridized carbons (Fsp3) is 0. The molecule has 0 saturated carbocycles. The van der Waals surface area contributed by atoms with Crippen molar-refractivity contribution < 1.29 is 13.6 Å². The van der Waals surface area contributed by atoms with Crippen molar-refractivity contribution in [2.24, 2.45) is 0 Å². The minimum atomic E-state index is -0.595. The first-order valence-corrected chi connectivity index (χ1v) is 6.36. The number of anilines is 1. The van der Waals surface area contributed by atoms with Crippen molar-refractivity contribution in [3.8, 4) is 0 Å². The third kappa shape index (κ3) is 3.30. The minimum Gasteiger partial charge on any atom is -0.322 e. The maximum Gasteiger partial charge on any atom is 0.255 e. The first-order chi connectivity index (χ1) is 8.97. The lowest BCUT2D eigenvalue weighted by molar-refractivity contribution is 0.102. The van der Waals surface area contributed by atoms with Gasteiger partial charge in [0.1, 0.15) is 11.6 Å². The van der Waals surface area contributed by atoms with E-state index in [1.165, 1.54) is 30.3 Å². The van der Waals surface area contributed by atoms with Crippen LogP contribution in [0.2, 0.25) is 5.02 Å². The summed E-state index contributed by atoms with van der Waals surface area (Å²) in [6, 6.07) is 7.72. The van der Waals surface area contributed by atoms with Gasteiger partial charge in [-0.3, -0.25) is 4.79 Å². The van der Waals surface area contributed by atoms with Gasteiger partial charge in [-0.05, 0) is 52.3 Å². The summed E-state index contributed by atoms with van der Waals surface area (Å²) < 4.78 is 26.3. The Kier molecular flexibility index (Phi) is 4.17. The highest BCUT2D eigenvalue weighted by atomic mass is 79.9. The first kappa shape index (κ1) is 14.0. The van der Waals surface area contributed by atoms with E-state index in [4.69, 9.17) is 11.6 Å². The van der Waals surface area contributed by atoms with Crippen LogP contribution in [0.25, 0.3) is 0 Å². The van der Waals surface area contributed by atoms with Gasteiger partial charge in [-0.1, -0.05) is 11.6 Å². The lowest BCUT2D eigenvalue weighted by Gasteiger charge is -2.06. The van der Waals surface area contributed by atoms with Gasteiger partial charge in [0, 0.05) is 11.3 Å². The lowest BCUT2D eigenvalue weighted by Crippen LogP contribution is -2.12. The normalized spacial score (nSPS) is 10.3. The van der Waals surface area contributed by atoms with Gasteiger partial charge < -0.3 is 5.32 Å². The molecule has 0 aliphatic heterocycles. The zero-order valence-electron chi connectivity index (χ0n) is 9.38. The van der Waals surface area contributed by atoms with Gasteiger partial charge >= 0.3 is 0 Å². The number of hydrogen-bond acceptors (Lipinski definition) is 1. The summed E-state index contributed by atoms with van der Waals surface area (Å²) in [5, 5.41) is 2.42. The van der Waals surface area contributed by atoms with Gasteiger partial charge in [-0.2, -0.15) is 0 Å². The highest BCUT2D eigenvalue weighted by Gasteiger charge is 2.10. The fourth-order valence-electron chi connectivity index (χ4n) is 1.41. The van der Waals surface area contributed by atoms with E-state index in [2.05, 4.69) is 21.2 Å². The van der Waals surface area contributed by atoms with Crippen molar-refractivity contribution in [2.75, 3.05) is 5.32 Å². The molecule has 0 aliphatic carbocycles. The molecule has 98 valence electrons. The summed E-state index contributed by atoms with van der Waals surface area (Å²) in [4.78, 5) is 11.9. The predicted molar refractivity (Wildman–Crippen MR) is 73.5 cm³/mol. The van der Waals surface area contributed by atoms with E-state index in [0.29, 0.717) is 5.69 Å². The Morgan fingerprint density at radius 2 is 1.79 bits per heavy atom. The van der Waals surface area contributed by atoms with Gasteiger partial charge in [-0.15, -0.1) is 0 Å². The Bertz CT molecular complexity index is 649. The quantitative estimate of drug-likeness (QED) is 0.844. The Labute approximate surface area is 121 Å². The summed E-state index contributed by atoms with van der Waals surface area (Å²) in [6.45, 7) is 0. The summed E-state index contributed by atoms with van der Waals surface area (Å²) in [5.41, 5.74) is 0.630. The Morgan fingerprint density at radius 1 is 1.11 bits per heavy atom. The predicted octanol–water partition coefficient (Wildman–Crippen LogP) is 4.63. The van der Waals surface area contributed by atoms with E-state index < -0.39 is 17.5 Å². The molecule has 2 rings (SSSR count). The Hall–Kier alpha value is -1.46. The number of nitrogens with one attached hydrogen (secondary N) is 1. The molecule has 2 aromatic carbocycles. The highest BCUT2D eigenvalue weighted by molar-refractivity contribution is 9.10. The SMILES string of the molecule is O=C(Nc1ccc(F)c(Br)c1)c1ccc(F)c(Cl)c1. The number of amides is 1. The molecule has 6 heteroatoms. The summed E-state index contributed by atoms with van der Waals surface area (Å²) in [7, 11) is 0. The van der Waals surface area contributed by atoms with Crippen molar-refractivity contribution in [1.82, 2.24) is 0 Å². The molecule has 0 aromatic heterocycles. The van der Waals surface area contributed by atoms with Crippen LogP contribution in [0.5, 0.6) is 0 Å². The Morgan fingerprint density at radius 3 is 2.42 bits per heavy atom. The van der Waals surface area contributed by atoms with Crippen LogP contribution in [0.4, 0.5) is 14.5 Å². The molecule has 0 saturated heterocycles. The lowest BCUT2D eigenvalue weighted by atomic mass is 10.2. The molecular weight excluding hydrogens is 340 g/mol. The molecule has 0 fully saturated rings. The molecule has 2 aromatic rings. The summed E-state index contributed by atoms with van der Waals surface area (Å²) >= 11 is 8.61. The second kappa shape index (κ2) is 5.67. The fourth-order valence-corrected chi connectivity index (χ4v) is 1.97. The summed E-state index contributed by atoms with van der Waals surface area (Å²) in [5.74, 6) is -1.48. The van der Waals surface area contributed by atoms with Crippen molar-refractivity contribution in [3.05, 3.63) is 63.1 Å². The van der Waals surface area contributed by atoms with Gasteiger partial charge in [-0.25, -0.2) is 8.78 Å². The second-order valence-electron chi connectivity index (χ2n) is 3.71. The molecule has 0 bridgehead atoms. The molecule has 0 spiro atoms. The van der Waals surface area contributed by atoms with E-state index in [-0.39, 0.29) is 15.1 Å². The van der Waals surface area contributed by atoms with Crippen LogP contribution in [-0.2, 0) is 0 Å². The van der Waals surface area contributed by atoms with E-state index in [1.54, 1.807) is 0 Å². The minimum absolute atomic E-state index is 0.132. The third-order valence-electron chi connectivity index (χ3n) is 2.36. The number of rotatable bonds is 2. The Balaban J connectivity index is 2.20. The van der Waals surface area contributed by atoms with E-state index in [1.807, 2.05) is 0 Å². The third-order valence-corrected chi connectivity index (χ3v) is 3.26. The van der Waals surface area contributed by atoms with Gasteiger partial charge in [0.05, 0.1) is 9.50 Å². The molecular formula is C13H7BrClF2NO. The van der Waals surface area contributed by atoms with Crippen molar-refractivity contribution >= 4 is 39.1 Å². The van der Waals surface area contributed by atoms with Crippen LogP contribution in [0, 0.1) is 11.6 Å². The zero-order valence-corrected chi connectivity index (χ0v) is 11.7. The van der Waals surface area contributed by atoms with Crippen molar-refractivity contribution in [3.63, 3.8) is 0 Å². The maximum absolute atomic E-state index is 13.0. The monoisotopic (exact) mass is 345 g/mol. The molecule has 1 amide bonds. The van der Waals surface area contributed by atoms with Gasteiger partial charge in [0.15, 0.2) is 0 Å². The van der Waals surface area contributed by atoms with E-state index in [9.17, 15) is 13.6 Å². The highest BCUT2D eigenvalue weighted by Crippen LogP contribution is 2.21. The topological polar surface area (TPSA) is 29.1 Å². The van der Waals surface area contributed by atoms with E-state index in [0.717, 1.165) is 6.07 Å². The number of hydrogen-bond donors (Lipinski definition) is 1. The van der Waals surface area contributed by atoms with E-state index >= 15 is 0 Å². The second-order valence-corrected chi connectivity index (χ2v) is 4.97. The number of halogens is 4. The van der Waals surface area contributed by atoms with Gasteiger partial charge in [0.25, 0.3) is 5.91 Å². The smallest absolute Gasteiger partial charge is 0.255 e. The number of benzene rings is 2. The molecule has 1 N–H and O–H groups in total. The average molecular weight is 347 g/mol. The molecule has 0 heterocycles. The van der Waals surface area contributed by atoms with Crippen LogP contribution in [0.1, 0.15) is 10.4 Å². The van der Waals surface area contributed by atoms with Gasteiger partial charge in [0.2, 0.25) is 0 Å². The summed E-state index contributed by atoms with van der Waals surface area (Å²) in [6.07, 6.45) is 0. The molecule has 0 atom stereocenters. The van der Waals surface area contributed by atoms with Crippen LogP contribution < -0.4 is 5.32 Å². The maximum atomic E-state index is 13.0. The molecule has 19 heavy (non-hydrogen) atoms. The molecule has 2 nitrogen and oxygen atoms in total. The molecule has 0 aliphatic rings. The first-order valence-electron chi connectivity index (χ1n) is 5.19. The molecule has 0 unspecified atom stereocenters. The average Bonchev–Trinajstić information content (AvgIpc) is 2.37.